The van der Waals surface area contributed by atoms with Crippen LogP contribution in [0.4, 0.5) is 0 Å². The molecule has 0 saturated carbocycles. The Labute approximate surface area is 161 Å². The van der Waals surface area contributed by atoms with E-state index in [1.807, 2.05) is 36.1 Å². The Kier molecular flexibility index (Phi) is 5.19. The summed E-state index contributed by atoms with van der Waals surface area (Å²) >= 11 is 0. The fourth-order valence-electron chi connectivity index (χ4n) is 4.54. The van der Waals surface area contributed by atoms with Gasteiger partial charge in [-0.1, -0.05) is 30.7 Å². The summed E-state index contributed by atoms with van der Waals surface area (Å²) in [6.07, 6.45) is 3.22. The van der Waals surface area contributed by atoms with E-state index in [0.717, 1.165) is 37.3 Å². The number of aryl methyl sites for hydroxylation is 1. The molecule has 6 nitrogen and oxygen atoms in total. The number of nitrogens with zero attached hydrogens (tertiary/aromatic N) is 3. The lowest BCUT2D eigenvalue weighted by Crippen LogP contribution is -2.65. The summed E-state index contributed by atoms with van der Waals surface area (Å²) in [4.78, 5) is 31.5. The van der Waals surface area contributed by atoms with E-state index in [9.17, 15) is 9.59 Å². The van der Waals surface area contributed by atoms with Crippen molar-refractivity contribution in [2.75, 3.05) is 39.8 Å². The van der Waals surface area contributed by atoms with Gasteiger partial charge >= 0.3 is 0 Å². The molecule has 3 aliphatic heterocycles. The summed E-state index contributed by atoms with van der Waals surface area (Å²) in [7, 11) is 1.77. The third kappa shape index (κ3) is 3.48. The monoisotopic (exact) mass is 371 g/mol. The van der Waals surface area contributed by atoms with Crippen molar-refractivity contribution < 1.29 is 14.3 Å². The van der Waals surface area contributed by atoms with Crippen molar-refractivity contribution in [3.8, 4) is 0 Å². The van der Waals surface area contributed by atoms with E-state index < -0.39 is 6.10 Å². The fourth-order valence-corrected chi connectivity index (χ4v) is 4.54. The number of likely N-dealkylation sites (tertiary alicyclic amines) is 2. The molecular weight excluding hydrogens is 342 g/mol. The summed E-state index contributed by atoms with van der Waals surface area (Å²) in [6, 6.07) is 8.04. The molecule has 146 valence electrons. The standard InChI is InChI=1S/C21H29N3O3/c1-15-8-4-5-9-17(15)19-20(27-14-18(25)22(19)2)21(26)24-12-16(13-24)23-10-6-3-7-11-23/h4-5,8-9,16,19-20H,3,6-7,10-14H2,1-2H3/t19-,20+/m1/s1. The van der Waals surface area contributed by atoms with Crippen LogP contribution < -0.4 is 0 Å². The lowest BCUT2D eigenvalue weighted by atomic mass is 9.92. The minimum atomic E-state index is -0.629. The highest BCUT2D eigenvalue weighted by molar-refractivity contribution is 5.87. The number of ether oxygens (including phenoxy) is 1. The molecule has 3 heterocycles. The topological polar surface area (TPSA) is 53.1 Å². The fraction of sp³-hybridized carbons (Fsp3) is 0.619. The zero-order valence-electron chi connectivity index (χ0n) is 16.3. The zero-order valence-corrected chi connectivity index (χ0v) is 16.3. The lowest BCUT2D eigenvalue weighted by molar-refractivity contribution is -0.171. The Hall–Kier alpha value is -1.92. The van der Waals surface area contributed by atoms with Gasteiger partial charge < -0.3 is 14.5 Å². The number of amides is 2. The summed E-state index contributed by atoms with van der Waals surface area (Å²) in [6.45, 7) is 5.83. The third-order valence-electron chi connectivity index (χ3n) is 6.32. The third-order valence-corrected chi connectivity index (χ3v) is 6.32. The Morgan fingerprint density at radius 1 is 1.11 bits per heavy atom. The highest BCUT2D eigenvalue weighted by Crippen LogP contribution is 2.33. The minimum Gasteiger partial charge on any atom is -0.356 e. The van der Waals surface area contributed by atoms with E-state index in [2.05, 4.69) is 4.90 Å². The van der Waals surface area contributed by atoms with Gasteiger partial charge in [-0.05, 0) is 44.0 Å². The Bertz CT molecular complexity index is 710. The average molecular weight is 371 g/mol. The van der Waals surface area contributed by atoms with Gasteiger partial charge in [0.05, 0.1) is 6.04 Å². The molecule has 3 aliphatic rings. The molecule has 0 unspecified atom stereocenters. The number of carbonyl (C=O) groups excluding carboxylic acids is 2. The van der Waals surface area contributed by atoms with Gasteiger partial charge in [-0.15, -0.1) is 0 Å². The van der Waals surface area contributed by atoms with Gasteiger partial charge in [-0.2, -0.15) is 0 Å². The number of benzene rings is 1. The maximum Gasteiger partial charge on any atom is 0.254 e. The zero-order chi connectivity index (χ0) is 19.0. The maximum atomic E-state index is 13.2. The second-order valence-corrected chi connectivity index (χ2v) is 8.03. The molecule has 0 N–H and O–H groups in total. The molecule has 3 saturated heterocycles. The van der Waals surface area contributed by atoms with Crippen LogP contribution in [0.5, 0.6) is 0 Å². The van der Waals surface area contributed by atoms with Crippen LogP contribution in [0.25, 0.3) is 0 Å². The van der Waals surface area contributed by atoms with Gasteiger partial charge in [0.2, 0.25) is 5.91 Å². The number of rotatable bonds is 3. The van der Waals surface area contributed by atoms with E-state index in [1.54, 1.807) is 11.9 Å². The van der Waals surface area contributed by atoms with E-state index in [0.29, 0.717) is 6.04 Å². The smallest absolute Gasteiger partial charge is 0.254 e. The van der Waals surface area contributed by atoms with Crippen molar-refractivity contribution in [2.24, 2.45) is 0 Å². The Morgan fingerprint density at radius 2 is 1.81 bits per heavy atom. The van der Waals surface area contributed by atoms with Crippen molar-refractivity contribution in [3.63, 3.8) is 0 Å². The van der Waals surface area contributed by atoms with Crippen molar-refractivity contribution in [3.05, 3.63) is 35.4 Å². The van der Waals surface area contributed by atoms with Crippen LogP contribution in [-0.4, -0.2) is 78.5 Å². The van der Waals surface area contributed by atoms with Gasteiger partial charge in [-0.3, -0.25) is 14.5 Å². The largest absolute Gasteiger partial charge is 0.356 e. The first-order valence-corrected chi connectivity index (χ1v) is 10.0. The summed E-state index contributed by atoms with van der Waals surface area (Å²) in [5, 5.41) is 0. The van der Waals surface area contributed by atoms with Gasteiger partial charge in [0.1, 0.15) is 6.61 Å². The molecule has 1 aromatic carbocycles. The number of morpholine rings is 1. The normalized spacial score (nSPS) is 27.6. The van der Waals surface area contributed by atoms with Crippen LogP contribution in [0.3, 0.4) is 0 Å². The van der Waals surface area contributed by atoms with Crippen molar-refractivity contribution in [2.45, 2.75) is 44.4 Å². The molecule has 0 spiro atoms. The average Bonchev–Trinajstić information content (AvgIpc) is 2.64. The number of likely N-dealkylation sites (N-methyl/N-ethyl adjacent to an activating group) is 1. The predicted octanol–water partition coefficient (Wildman–Crippen LogP) is 1.59. The van der Waals surface area contributed by atoms with Gasteiger partial charge in [0.25, 0.3) is 5.91 Å². The molecule has 0 radical (unpaired) electrons. The SMILES string of the molecule is Cc1ccccc1[C@@H]1[C@@H](C(=O)N2CC(N3CCCCC3)C2)OCC(=O)N1C. The first-order valence-electron chi connectivity index (χ1n) is 10.0. The summed E-state index contributed by atoms with van der Waals surface area (Å²) < 4.78 is 5.79. The molecule has 3 fully saturated rings. The van der Waals surface area contributed by atoms with Gasteiger partial charge in [0, 0.05) is 26.2 Å². The van der Waals surface area contributed by atoms with Gasteiger partial charge in [-0.25, -0.2) is 0 Å². The Morgan fingerprint density at radius 3 is 2.52 bits per heavy atom. The molecular formula is C21H29N3O3. The van der Waals surface area contributed by atoms with Crippen LogP contribution in [0.1, 0.15) is 36.4 Å². The molecule has 6 heteroatoms. The molecule has 2 atom stereocenters. The molecule has 0 aliphatic carbocycles. The molecule has 2 amide bonds. The van der Waals surface area contributed by atoms with Crippen LogP contribution in [-0.2, 0) is 14.3 Å². The first kappa shape index (κ1) is 18.4. The van der Waals surface area contributed by atoms with Crippen molar-refractivity contribution >= 4 is 11.8 Å². The first-order chi connectivity index (χ1) is 13.1. The summed E-state index contributed by atoms with van der Waals surface area (Å²) in [5.41, 5.74) is 2.06. The molecule has 27 heavy (non-hydrogen) atoms. The van der Waals surface area contributed by atoms with E-state index in [4.69, 9.17) is 4.74 Å². The molecule has 4 rings (SSSR count). The number of hydrogen-bond donors (Lipinski definition) is 0. The lowest BCUT2D eigenvalue weighted by Gasteiger charge is -2.49. The molecule has 1 aromatic rings. The molecule has 0 aromatic heterocycles. The Balaban J connectivity index is 1.48. The van der Waals surface area contributed by atoms with Gasteiger partial charge in [0.15, 0.2) is 6.10 Å². The highest BCUT2D eigenvalue weighted by atomic mass is 16.5. The second kappa shape index (κ2) is 7.60. The quantitative estimate of drug-likeness (QED) is 0.810. The van der Waals surface area contributed by atoms with Crippen LogP contribution >= 0.6 is 0 Å². The predicted molar refractivity (Wildman–Crippen MR) is 102 cm³/mol. The highest BCUT2D eigenvalue weighted by Gasteiger charge is 2.45. The number of hydrogen-bond acceptors (Lipinski definition) is 4. The minimum absolute atomic E-state index is 0.0101. The van der Waals surface area contributed by atoms with Crippen LogP contribution in [0.15, 0.2) is 24.3 Å². The van der Waals surface area contributed by atoms with Crippen LogP contribution in [0, 0.1) is 6.92 Å². The number of piperidine rings is 1. The molecule has 0 bridgehead atoms. The van der Waals surface area contributed by atoms with Crippen molar-refractivity contribution in [1.29, 1.82) is 0 Å². The number of carbonyl (C=O) groups is 2. The van der Waals surface area contributed by atoms with E-state index in [1.165, 1.54) is 19.3 Å². The summed E-state index contributed by atoms with van der Waals surface area (Å²) in [5.74, 6) is -0.0713. The second-order valence-electron chi connectivity index (χ2n) is 8.03. The van der Waals surface area contributed by atoms with E-state index >= 15 is 0 Å². The van der Waals surface area contributed by atoms with Crippen molar-refractivity contribution in [1.82, 2.24) is 14.7 Å². The maximum absolute atomic E-state index is 13.2. The van der Waals surface area contributed by atoms with E-state index in [-0.39, 0.29) is 24.5 Å². The van der Waals surface area contributed by atoms with Crippen LogP contribution in [0.2, 0.25) is 0 Å².